The number of unbranched alkanes of at least 4 members (excludes halogenated alkanes) is 1. The first-order chi connectivity index (χ1) is 17.6. The van der Waals surface area contributed by atoms with Crippen LogP contribution < -0.4 is 15.5 Å². The number of anilines is 1. The lowest BCUT2D eigenvalue weighted by Crippen LogP contribution is -2.43. The number of hydrogen-bond acceptors (Lipinski definition) is 5. The Kier molecular flexibility index (Phi) is 10.1. The summed E-state index contributed by atoms with van der Waals surface area (Å²) < 4.78 is 0. The first-order valence-electron chi connectivity index (χ1n) is 14.0. The third kappa shape index (κ3) is 7.78. The zero-order valence-electron chi connectivity index (χ0n) is 23.9. The van der Waals surface area contributed by atoms with E-state index in [-0.39, 0.29) is 17.3 Å². The fourth-order valence-corrected chi connectivity index (χ4v) is 5.53. The van der Waals surface area contributed by atoms with Gasteiger partial charge in [-0.05, 0) is 99.3 Å². The second kappa shape index (κ2) is 12.9. The Morgan fingerprint density at radius 1 is 1.00 bits per heavy atom. The summed E-state index contributed by atoms with van der Waals surface area (Å²) in [4.78, 5) is 18.1. The van der Waals surface area contributed by atoms with Crippen LogP contribution in [0.2, 0.25) is 0 Å². The summed E-state index contributed by atoms with van der Waals surface area (Å²) >= 11 is 0. The van der Waals surface area contributed by atoms with Gasteiger partial charge in [0.05, 0.1) is 5.69 Å². The van der Waals surface area contributed by atoms with E-state index in [1.807, 2.05) is 14.1 Å². The molecule has 1 aliphatic carbocycles. The van der Waals surface area contributed by atoms with Crippen LogP contribution >= 0.6 is 0 Å². The topological polar surface area (TPSA) is 77.5 Å². The van der Waals surface area contributed by atoms with Gasteiger partial charge in [-0.1, -0.05) is 45.9 Å². The quantitative estimate of drug-likeness (QED) is 0.394. The molecule has 0 unspecified atom stereocenters. The first-order valence-corrected chi connectivity index (χ1v) is 14.0. The number of hydrogen-bond donors (Lipinski definition) is 3. The molecule has 0 atom stereocenters. The van der Waals surface area contributed by atoms with E-state index in [0.29, 0.717) is 6.04 Å². The van der Waals surface area contributed by atoms with E-state index in [0.717, 1.165) is 56.8 Å². The smallest absolute Gasteiger partial charge is 0.303 e. The second-order valence-electron chi connectivity index (χ2n) is 12.0. The number of aliphatic carboxylic acids is 1. The SMILES string of the molecule is CC1(C)CCC(C)(C)c2cc(-c3cccc(N4CCC(NCCCCC(=O)O)CC4)n3)ccc21.CNC. The summed E-state index contributed by atoms with van der Waals surface area (Å²) in [5, 5.41) is 15.1. The van der Waals surface area contributed by atoms with E-state index in [9.17, 15) is 4.79 Å². The average Bonchev–Trinajstić information content (AvgIpc) is 2.87. The van der Waals surface area contributed by atoms with Crippen LogP contribution in [0.3, 0.4) is 0 Å². The van der Waals surface area contributed by atoms with Gasteiger partial charge in [0, 0.05) is 31.1 Å². The lowest BCUT2D eigenvalue weighted by Gasteiger charge is -2.42. The third-order valence-corrected chi connectivity index (χ3v) is 7.95. The molecule has 6 heteroatoms. The molecule has 0 radical (unpaired) electrons. The number of rotatable bonds is 8. The molecule has 1 aromatic heterocycles. The van der Waals surface area contributed by atoms with E-state index in [2.05, 4.69) is 79.6 Å². The van der Waals surface area contributed by atoms with Gasteiger partial charge in [0.25, 0.3) is 0 Å². The third-order valence-electron chi connectivity index (χ3n) is 7.95. The summed E-state index contributed by atoms with van der Waals surface area (Å²) in [6.45, 7) is 12.4. The molecule has 2 aliphatic rings. The fraction of sp³-hybridized carbons (Fsp3) is 0.613. The zero-order chi connectivity index (χ0) is 27.1. The van der Waals surface area contributed by atoms with Crippen molar-refractivity contribution in [3.63, 3.8) is 0 Å². The van der Waals surface area contributed by atoms with Gasteiger partial charge in [-0.25, -0.2) is 4.98 Å². The highest BCUT2D eigenvalue weighted by molar-refractivity contribution is 5.66. The van der Waals surface area contributed by atoms with Crippen molar-refractivity contribution in [3.8, 4) is 11.3 Å². The summed E-state index contributed by atoms with van der Waals surface area (Å²) in [5.74, 6) is 0.362. The van der Waals surface area contributed by atoms with Gasteiger partial charge in [0.1, 0.15) is 5.82 Å². The monoisotopic (exact) mass is 508 g/mol. The molecule has 37 heavy (non-hydrogen) atoms. The highest BCUT2D eigenvalue weighted by Crippen LogP contribution is 2.46. The van der Waals surface area contributed by atoms with E-state index in [1.54, 1.807) is 0 Å². The molecule has 3 N–H and O–H groups in total. The van der Waals surface area contributed by atoms with Crippen molar-refractivity contribution >= 4 is 11.8 Å². The summed E-state index contributed by atoms with van der Waals surface area (Å²) in [7, 11) is 3.75. The first kappa shape index (κ1) is 29.1. The van der Waals surface area contributed by atoms with Gasteiger partial charge < -0.3 is 20.6 Å². The summed E-state index contributed by atoms with van der Waals surface area (Å²) in [5.41, 5.74) is 5.65. The summed E-state index contributed by atoms with van der Waals surface area (Å²) in [6, 6.07) is 13.9. The van der Waals surface area contributed by atoms with Crippen molar-refractivity contribution in [2.24, 2.45) is 0 Å². The van der Waals surface area contributed by atoms with Crippen LogP contribution in [0, 0.1) is 0 Å². The zero-order valence-corrected chi connectivity index (χ0v) is 23.9. The van der Waals surface area contributed by atoms with Crippen LogP contribution in [-0.2, 0) is 15.6 Å². The van der Waals surface area contributed by atoms with Crippen LogP contribution in [0.5, 0.6) is 0 Å². The molecule has 1 saturated heterocycles. The number of carboxylic acid groups (broad SMARTS) is 1. The second-order valence-corrected chi connectivity index (χ2v) is 12.0. The Labute approximate surface area is 224 Å². The molecule has 1 aliphatic heterocycles. The number of pyridine rings is 1. The number of aromatic nitrogens is 1. The fourth-order valence-electron chi connectivity index (χ4n) is 5.53. The molecule has 2 aromatic rings. The number of fused-ring (bicyclic) bond motifs is 1. The van der Waals surface area contributed by atoms with Crippen molar-refractivity contribution in [1.29, 1.82) is 0 Å². The predicted molar refractivity (Wildman–Crippen MR) is 155 cm³/mol. The van der Waals surface area contributed by atoms with Crippen molar-refractivity contribution in [2.45, 2.75) is 89.5 Å². The van der Waals surface area contributed by atoms with Crippen LogP contribution in [0.1, 0.15) is 83.8 Å². The Morgan fingerprint density at radius 2 is 1.65 bits per heavy atom. The molecule has 4 rings (SSSR count). The highest BCUT2D eigenvalue weighted by atomic mass is 16.4. The molecule has 0 spiro atoms. The minimum atomic E-state index is -0.703. The molecule has 0 amide bonds. The average molecular weight is 509 g/mol. The number of nitrogens with one attached hydrogen (secondary N) is 2. The molecular formula is C31H48N4O2. The standard InChI is InChI=1S/C29H41N3O2.C2H7N/c1-28(2)15-16-29(3,4)24-20-21(11-12-23(24)28)25-8-7-9-26(31-25)32-18-13-22(14-19-32)30-17-6-5-10-27(33)34;1-3-2/h7-9,11-12,20,22,30H,5-6,10,13-19H2,1-4H3,(H,33,34);3H,1-2H3. The number of carbonyl (C=O) groups is 1. The summed E-state index contributed by atoms with van der Waals surface area (Å²) in [6.07, 6.45) is 6.56. The molecule has 1 aromatic carbocycles. The van der Waals surface area contributed by atoms with Crippen LogP contribution in [0.25, 0.3) is 11.3 Å². The minimum absolute atomic E-state index is 0.195. The Balaban J connectivity index is 0.00000121. The van der Waals surface area contributed by atoms with Crippen molar-refractivity contribution in [3.05, 3.63) is 47.5 Å². The maximum atomic E-state index is 10.6. The molecule has 6 nitrogen and oxygen atoms in total. The van der Waals surface area contributed by atoms with Crippen molar-refractivity contribution < 1.29 is 9.90 Å². The number of benzene rings is 1. The van der Waals surface area contributed by atoms with Gasteiger partial charge >= 0.3 is 5.97 Å². The van der Waals surface area contributed by atoms with E-state index < -0.39 is 5.97 Å². The maximum Gasteiger partial charge on any atom is 0.303 e. The number of nitrogens with zero attached hydrogens (tertiary/aromatic N) is 2. The molecular weight excluding hydrogens is 460 g/mol. The predicted octanol–water partition coefficient (Wildman–Crippen LogP) is 5.75. The Morgan fingerprint density at radius 3 is 2.30 bits per heavy atom. The molecule has 204 valence electrons. The van der Waals surface area contributed by atoms with Crippen LogP contribution in [0.15, 0.2) is 36.4 Å². The van der Waals surface area contributed by atoms with Gasteiger partial charge in [0.15, 0.2) is 0 Å². The highest BCUT2D eigenvalue weighted by Gasteiger charge is 2.37. The molecule has 2 heterocycles. The van der Waals surface area contributed by atoms with Crippen LogP contribution in [0.4, 0.5) is 5.82 Å². The molecule has 0 saturated carbocycles. The molecule has 0 bridgehead atoms. The van der Waals surface area contributed by atoms with Crippen molar-refractivity contribution in [1.82, 2.24) is 15.6 Å². The maximum absolute atomic E-state index is 10.6. The van der Waals surface area contributed by atoms with Gasteiger partial charge in [0.2, 0.25) is 0 Å². The molecule has 1 fully saturated rings. The van der Waals surface area contributed by atoms with E-state index in [4.69, 9.17) is 10.1 Å². The lowest BCUT2D eigenvalue weighted by atomic mass is 9.63. The lowest BCUT2D eigenvalue weighted by molar-refractivity contribution is -0.137. The normalized spacial score (nSPS) is 18.5. The van der Waals surface area contributed by atoms with Gasteiger partial charge in [-0.3, -0.25) is 4.79 Å². The number of piperidine rings is 1. The Bertz CT molecular complexity index is 1030. The van der Waals surface area contributed by atoms with E-state index in [1.165, 1.54) is 29.5 Å². The largest absolute Gasteiger partial charge is 0.481 e. The van der Waals surface area contributed by atoms with Gasteiger partial charge in [-0.2, -0.15) is 0 Å². The Hall–Kier alpha value is -2.44. The van der Waals surface area contributed by atoms with E-state index >= 15 is 0 Å². The minimum Gasteiger partial charge on any atom is -0.481 e. The number of carboxylic acids is 1. The van der Waals surface area contributed by atoms with Crippen LogP contribution in [-0.4, -0.2) is 55.8 Å². The van der Waals surface area contributed by atoms with Gasteiger partial charge in [-0.15, -0.1) is 0 Å². The van der Waals surface area contributed by atoms with Crippen molar-refractivity contribution in [2.75, 3.05) is 38.6 Å².